The summed E-state index contributed by atoms with van der Waals surface area (Å²) >= 11 is 5.72. The van der Waals surface area contributed by atoms with Gasteiger partial charge < -0.3 is 14.9 Å². The van der Waals surface area contributed by atoms with Crippen LogP contribution in [0.2, 0.25) is 5.02 Å². The predicted molar refractivity (Wildman–Crippen MR) is 63.9 cm³/mol. The molecule has 0 heterocycles. The highest BCUT2D eigenvalue weighted by atomic mass is 35.5. The zero-order valence-electron chi connectivity index (χ0n) is 9.52. The summed E-state index contributed by atoms with van der Waals surface area (Å²) in [5, 5.41) is 19.2. The molecule has 1 atom stereocenters. The molecule has 1 aromatic carbocycles. The van der Waals surface area contributed by atoms with Gasteiger partial charge in [-0.2, -0.15) is 0 Å². The monoisotopic (exact) mass is 258 g/mol. The number of phenols is 1. The van der Waals surface area contributed by atoms with Crippen molar-refractivity contribution < 1.29 is 19.7 Å². The van der Waals surface area contributed by atoms with E-state index in [-0.39, 0.29) is 29.6 Å². The number of esters is 1. The van der Waals surface area contributed by atoms with Crippen LogP contribution in [0.15, 0.2) is 18.2 Å². The van der Waals surface area contributed by atoms with Crippen molar-refractivity contribution in [2.45, 2.75) is 25.9 Å². The molecule has 0 saturated carbocycles. The maximum Gasteiger partial charge on any atom is 0.305 e. The molecule has 0 aliphatic carbocycles. The highest BCUT2D eigenvalue weighted by Crippen LogP contribution is 2.28. The number of carbonyl (C=O) groups is 1. The quantitative estimate of drug-likeness (QED) is 0.796. The summed E-state index contributed by atoms with van der Waals surface area (Å²) in [6.07, 6.45) is -0.384. The average molecular weight is 259 g/mol. The van der Waals surface area contributed by atoms with E-state index in [0.29, 0.717) is 12.2 Å². The van der Waals surface area contributed by atoms with Gasteiger partial charge >= 0.3 is 5.97 Å². The van der Waals surface area contributed by atoms with E-state index in [9.17, 15) is 15.0 Å². The Kier molecular flexibility index (Phi) is 5.25. The van der Waals surface area contributed by atoms with Crippen LogP contribution in [-0.4, -0.2) is 22.8 Å². The Morgan fingerprint density at radius 1 is 1.53 bits per heavy atom. The Labute approximate surface area is 105 Å². The lowest BCUT2D eigenvalue weighted by Gasteiger charge is -2.11. The van der Waals surface area contributed by atoms with Gasteiger partial charge in [-0.15, -0.1) is 0 Å². The number of rotatable bonds is 5. The Bertz CT molecular complexity index is 392. The molecule has 0 spiro atoms. The first-order valence-corrected chi connectivity index (χ1v) is 5.74. The lowest BCUT2D eigenvalue weighted by molar-refractivity contribution is -0.143. The Balaban J connectivity index is 2.54. The van der Waals surface area contributed by atoms with Gasteiger partial charge in [0.15, 0.2) is 0 Å². The van der Waals surface area contributed by atoms with Gasteiger partial charge in [-0.25, -0.2) is 0 Å². The SMILES string of the molecule is CCOC(=O)CCC(O)c1ccc(O)c(Cl)c1. The zero-order valence-corrected chi connectivity index (χ0v) is 10.3. The maximum atomic E-state index is 11.1. The van der Waals surface area contributed by atoms with Crippen molar-refractivity contribution in [3.63, 3.8) is 0 Å². The van der Waals surface area contributed by atoms with Crippen LogP contribution in [0.25, 0.3) is 0 Å². The number of hydrogen-bond donors (Lipinski definition) is 2. The summed E-state index contributed by atoms with van der Waals surface area (Å²) in [5.74, 6) is -0.371. The molecule has 0 fully saturated rings. The third kappa shape index (κ3) is 4.24. The van der Waals surface area contributed by atoms with E-state index < -0.39 is 6.10 Å². The van der Waals surface area contributed by atoms with Crippen LogP contribution in [0.3, 0.4) is 0 Å². The first kappa shape index (κ1) is 13.8. The predicted octanol–water partition coefficient (Wildman–Crippen LogP) is 2.42. The Hall–Kier alpha value is -1.26. The van der Waals surface area contributed by atoms with Gasteiger partial charge in [-0.3, -0.25) is 4.79 Å². The van der Waals surface area contributed by atoms with E-state index in [1.54, 1.807) is 13.0 Å². The minimum Gasteiger partial charge on any atom is -0.506 e. The fraction of sp³-hybridized carbons (Fsp3) is 0.417. The second-order valence-electron chi connectivity index (χ2n) is 3.57. The highest BCUT2D eigenvalue weighted by molar-refractivity contribution is 6.32. The summed E-state index contributed by atoms with van der Waals surface area (Å²) < 4.78 is 4.75. The topological polar surface area (TPSA) is 66.8 Å². The number of ether oxygens (including phenoxy) is 1. The second-order valence-corrected chi connectivity index (χ2v) is 3.98. The fourth-order valence-corrected chi connectivity index (χ4v) is 1.57. The van der Waals surface area contributed by atoms with Crippen molar-refractivity contribution in [2.75, 3.05) is 6.61 Å². The average Bonchev–Trinajstić information content (AvgIpc) is 2.30. The van der Waals surface area contributed by atoms with Gasteiger partial charge in [0.25, 0.3) is 0 Å². The smallest absolute Gasteiger partial charge is 0.305 e. The summed E-state index contributed by atoms with van der Waals surface area (Å²) in [5.41, 5.74) is 0.567. The van der Waals surface area contributed by atoms with Crippen molar-refractivity contribution in [3.05, 3.63) is 28.8 Å². The first-order valence-electron chi connectivity index (χ1n) is 5.36. The summed E-state index contributed by atoms with van der Waals surface area (Å²) in [6.45, 7) is 2.06. The van der Waals surface area contributed by atoms with Crippen LogP contribution >= 0.6 is 11.6 Å². The maximum absolute atomic E-state index is 11.1. The summed E-state index contributed by atoms with van der Waals surface area (Å²) in [7, 11) is 0. The molecule has 0 bridgehead atoms. The minimum atomic E-state index is -0.794. The van der Waals surface area contributed by atoms with E-state index in [0.717, 1.165) is 0 Å². The molecular weight excluding hydrogens is 244 g/mol. The number of halogens is 1. The van der Waals surface area contributed by atoms with Gasteiger partial charge in [-0.1, -0.05) is 17.7 Å². The molecular formula is C12H15ClO4. The van der Waals surface area contributed by atoms with Gasteiger partial charge in [0.1, 0.15) is 5.75 Å². The van der Waals surface area contributed by atoms with Crippen molar-refractivity contribution in [1.29, 1.82) is 0 Å². The van der Waals surface area contributed by atoms with Crippen molar-refractivity contribution in [2.24, 2.45) is 0 Å². The number of aliphatic hydroxyl groups is 1. The number of aliphatic hydroxyl groups excluding tert-OH is 1. The third-order valence-electron chi connectivity index (χ3n) is 2.28. The van der Waals surface area contributed by atoms with E-state index in [2.05, 4.69) is 0 Å². The molecule has 17 heavy (non-hydrogen) atoms. The van der Waals surface area contributed by atoms with Gasteiger partial charge in [0.05, 0.1) is 17.7 Å². The molecule has 0 aromatic heterocycles. The largest absolute Gasteiger partial charge is 0.506 e. The molecule has 2 N–H and O–H groups in total. The molecule has 4 nitrogen and oxygen atoms in total. The molecule has 0 saturated heterocycles. The standard InChI is InChI=1S/C12H15ClO4/c1-2-17-12(16)6-5-10(14)8-3-4-11(15)9(13)7-8/h3-4,7,10,14-15H,2,5-6H2,1H3. The van der Waals surface area contributed by atoms with Gasteiger partial charge in [-0.05, 0) is 31.0 Å². The number of hydrogen-bond acceptors (Lipinski definition) is 4. The lowest BCUT2D eigenvalue weighted by atomic mass is 10.0. The van der Waals surface area contributed by atoms with E-state index >= 15 is 0 Å². The molecule has 0 aliphatic heterocycles. The highest BCUT2D eigenvalue weighted by Gasteiger charge is 2.12. The molecule has 94 valence electrons. The second kappa shape index (κ2) is 6.47. The molecule has 1 rings (SSSR count). The van der Waals surface area contributed by atoms with Gasteiger partial charge in [0.2, 0.25) is 0 Å². The number of benzene rings is 1. The van der Waals surface area contributed by atoms with Crippen LogP contribution in [-0.2, 0) is 9.53 Å². The van der Waals surface area contributed by atoms with Crippen LogP contribution in [0.4, 0.5) is 0 Å². The van der Waals surface area contributed by atoms with Crippen LogP contribution < -0.4 is 0 Å². The Morgan fingerprint density at radius 3 is 2.82 bits per heavy atom. The zero-order chi connectivity index (χ0) is 12.8. The molecule has 5 heteroatoms. The fourth-order valence-electron chi connectivity index (χ4n) is 1.38. The molecule has 1 aromatic rings. The lowest BCUT2D eigenvalue weighted by Crippen LogP contribution is -2.07. The van der Waals surface area contributed by atoms with E-state index in [1.165, 1.54) is 12.1 Å². The molecule has 1 unspecified atom stereocenters. The van der Waals surface area contributed by atoms with E-state index in [1.807, 2.05) is 0 Å². The molecule has 0 radical (unpaired) electrons. The minimum absolute atomic E-state index is 0.0343. The van der Waals surface area contributed by atoms with E-state index in [4.69, 9.17) is 16.3 Å². The molecule has 0 aliphatic rings. The van der Waals surface area contributed by atoms with Crippen molar-refractivity contribution >= 4 is 17.6 Å². The normalized spacial score (nSPS) is 12.2. The molecule has 0 amide bonds. The van der Waals surface area contributed by atoms with Crippen LogP contribution in [0.5, 0.6) is 5.75 Å². The third-order valence-corrected chi connectivity index (χ3v) is 2.59. The summed E-state index contributed by atoms with van der Waals surface area (Å²) in [6, 6.07) is 4.45. The van der Waals surface area contributed by atoms with Crippen molar-refractivity contribution in [3.8, 4) is 5.75 Å². The van der Waals surface area contributed by atoms with Crippen LogP contribution in [0.1, 0.15) is 31.4 Å². The number of carbonyl (C=O) groups excluding carboxylic acids is 1. The van der Waals surface area contributed by atoms with Crippen molar-refractivity contribution in [1.82, 2.24) is 0 Å². The summed E-state index contributed by atoms with van der Waals surface area (Å²) in [4.78, 5) is 11.1. The first-order chi connectivity index (χ1) is 8.04. The Morgan fingerprint density at radius 2 is 2.24 bits per heavy atom. The van der Waals surface area contributed by atoms with Gasteiger partial charge in [0, 0.05) is 6.42 Å². The number of phenolic OH excluding ortho intramolecular Hbond substituents is 1. The number of aromatic hydroxyl groups is 1. The van der Waals surface area contributed by atoms with Crippen LogP contribution in [0, 0.1) is 0 Å².